The van der Waals surface area contributed by atoms with Crippen LogP contribution in [-0.4, -0.2) is 28.1 Å². The molecule has 2 aromatic carbocycles. The standard InChI is InChI=1S/C27H33N5O6/c1-19(2)8-6-4-5-7-9-25(33)28-17-20-10-15-23(24(16-20)36-3)37-18-26-30-31-27(38-26)29-21-11-13-22(14-12-21)32(34)35/h6,8,10-16,19H,4-5,7,9,17-18H2,1-3H3,(H,28,33)(H,29,31)/b8-6+. The second kappa shape index (κ2) is 14.4. The number of hydrogen-bond acceptors (Lipinski definition) is 9. The van der Waals surface area contributed by atoms with Gasteiger partial charge in [0, 0.05) is 30.8 Å². The summed E-state index contributed by atoms with van der Waals surface area (Å²) in [6.45, 7) is 4.69. The van der Waals surface area contributed by atoms with E-state index in [1.54, 1.807) is 18.2 Å². The van der Waals surface area contributed by atoms with Gasteiger partial charge in [-0.3, -0.25) is 14.9 Å². The summed E-state index contributed by atoms with van der Waals surface area (Å²) in [6, 6.07) is 11.4. The molecule has 1 heterocycles. The number of unbranched alkanes of at least 4 members (excludes halogenated alkanes) is 2. The van der Waals surface area contributed by atoms with Crippen molar-refractivity contribution in [2.75, 3.05) is 12.4 Å². The number of benzene rings is 2. The van der Waals surface area contributed by atoms with Crippen molar-refractivity contribution in [2.45, 2.75) is 52.7 Å². The average Bonchev–Trinajstić information content (AvgIpc) is 3.35. The molecular weight excluding hydrogens is 490 g/mol. The highest BCUT2D eigenvalue weighted by atomic mass is 16.6. The number of ether oxygens (including phenoxy) is 2. The zero-order valence-corrected chi connectivity index (χ0v) is 21.8. The third-order valence-corrected chi connectivity index (χ3v) is 5.41. The highest BCUT2D eigenvalue weighted by molar-refractivity contribution is 5.75. The second-order valence-corrected chi connectivity index (χ2v) is 8.90. The number of nitrogens with one attached hydrogen (secondary N) is 2. The fourth-order valence-corrected chi connectivity index (χ4v) is 3.44. The number of carbonyl (C=O) groups excluding carboxylic acids is 1. The molecule has 202 valence electrons. The van der Waals surface area contributed by atoms with E-state index in [-0.39, 0.29) is 30.1 Å². The Bertz CT molecular complexity index is 1220. The first-order valence-electron chi connectivity index (χ1n) is 12.4. The van der Waals surface area contributed by atoms with Gasteiger partial charge in [0.05, 0.1) is 12.0 Å². The number of nitrogens with zero attached hydrogens (tertiary/aromatic N) is 3. The van der Waals surface area contributed by atoms with Crippen molar-refractivity contribution in [3.05, 3.63) is 76.2 Å². The Balaban J connectivity index is 1.44. The van der Waals surface area contributed by atoms with Gasteiger partial charge in [-0.15, -0.1) is 5.10 Å². The first-order chi connectivity index (χ1) is 18.3. The lowest BCUT2D eigenvalue weighted by Crippen LogP contribution is -2.22. The van der Waals surface area contributed by atoms with Gasteiger partial charge in [-0.1, -0.05) is 37.2 Å². The summed E-state index contributed by atoms with van der Waals surface area (Å²) in [5, 5.41) is 24.4. The number of anilines is 2. The van der Waals surface area contributed by atoms with E-state index in [1.807, 2.05) is 12.1 Å². The lowest BCUT2D eigenvalue weighted by Gasteiger charge is -2.12. The number of nitro groups is 1. The molecule has 38 heavy (non-hydrogen) atoms. The fraction of sp³-hybridized carbons (Fsp3) is 0.370. The Hall–Kier alpha value is -4.41. The smallest absolute Gasteiger partial charge is 0.320 e. The van der Waals surface area contributed by atoms with Crippen molar-refractivity contribution >= 4 is 23.3 Å². The van der Waals surface area contributed by atoms with Gasteiger partial charge >= 0.3 is 6.01 Å². The van der Waals surface area contributed by atoms with Crippen LogP contribution in [0.4, 0.5) is 17.4 Å². The minimum atomic E-state index is -0.474. The number of methoxy groups -OCH3 is 1. The summed E-state index contributed by atoms with van der Waals surface area (Å²) in [5.74, 6) is 1.80. The van der Waals surface area contributed by atoms with Crippen LogP contribution in [0.5, 0.6) is 11.5 Å². The zero-order valence-electron chi connectivity index (χ0n) is 21.8. The van der Waals surface area contributed by atoms with Crippen molar-refractivity contribution in [3.63, 3.8) is 0 Å². The lowest BCUT2D eigenvalue weighted by atomic mass is 10.1. The summed E-state index contributed by atoms with van der Waals surface area (Å²) in [4.78, 5) is 22.4. The SMILES string of the molecule is COc1cc(CNC(=O)CCCC/C=C/C(C)C)ccc1OCc1nnc(Nc2ccc([N+](=O)[O-])cc2)o1. The van der Waals surface area contributed by atoms with E-state index in [9.17, 15) is 14.9 Å². The molecule has 0 aliphatic rings. The van der Waals surface area contributed by atoms with Crippen molar-refractivity contribution in [3.8, 4) is 11.5 Å². The van der Waals surface area contributed by atoms with Gasteiger partial charge in [0.2, 0.25) is 5.91 Å². The number of non-ortho nitro benzene ring substituents is 1. The number of aromatic nitrogens is 2. The molecular formula is C27H33N5O6. The van der Waals surface area contributed by atoms with Gasteiger partial charge < -0.3 is 24.5 Å². The van der Waals surface area contributed by atoms with Crippen LogP contribution in [0.2, 0.25) is 0 Å². The second-order valence-electron chi connectivity index (χ2n) is 8.90. The third-order valence-electron chi connectivity index (χ3n) is 5.41. The van der Waals surface area contributed by atoms with E-state index in [4.69, 9.17) is 13.9 Å². The quantitative estimate of drug-likeness (QED) is 0.111. The molecule has 0 aliphatic carbocycles. The van der Waals surface area contributed by atoms with Crippen LogP contribution in [-0.2, 0) is 17.9 Å². The topological polar surface area (TPSA) is 142 Å². The van der Waals surface area contributed by atoms with E-state index in [2.05, 4.69) is 46.8 Å². The molecule has 11 nitrogen and oxygen atoms in total. The molecule has 0 saturated heterocycles. The van der Waals surface area contributed by atoms with E-state index in [0.717, 1.165) is 24.8 Å². The molecule has 0 saturated carbocycles. The highest BCUT2D eigenvalue weighted by Gasteiger charge is 2.12. The Labute approximate surface area is 221 Å². The van der Waals surface area contributed by atoms with Gasteiger partial charge in [-0.2, -0.15) is 0 Å². The molecule has 11 heteroatoms. The van der Waals surface area contributed by atoms with E-state index >= 15 is 0 Å². The molecule has 2 N–H and O–H groups in total. The minimum absolute atomic E-state index is 0.00768. The van der Waals surface area contributed by atoms with Gasteiger partial charge in [-0.05, 0) is 55.0 Å². The van der Waals surface area contributed by atoms with Crippen LogP contribution < -0.4 is 20.1 Å². The zero-order chi connectivity index (χ0) is 27.3. The molecule has 0 aliphatic heterocycles. The number of carbonyl (C=O) groups is 1. The predicted octanol–water partition coefficient (Wildman–Crippen LogP) is 5.70. The Kier molecular flexibility index (Phi) is 10.6. The Morgan fingerprint density at radius 3 is 2.63 bits per heavy atom. The van der Waals surface area contributed by atoms with Gasteiger partial charge in [0.1, 0.15) is 0 Å². The third kappa shape index (κ3) is 9.23. The highest BCUT2D eigenvalue weighted by Crippen LogP contribution is 2.29. The van der Waals surface area contributed by atoms with E-state index < -0.39 is 4.92 Å². The van der Waals surface area contributed by atoms with Crippen molar-refractivity contribution < 1.29 is 23.6 Å². The fourth-order valence-electron chi connectivity index (χ4n) is 3.44. The molecule has 0 fully saturated rings. The van der Waals surface area contributed by atoms with E-state index in [1.165, 1.54) is 19.2 Å². The summed E-state index contributed by atoms with van der Waals surface area (Å²) < 4.78 is 16.8. The molecule has 0 bridgehead atoms. The van der Waals surface area contributed by atoms with Crippen molar-refractivity contribution in [1.29, 1.82) is 0 Å². The molecule has 3 aromatic rings. The van der Waals surface area contributed by atoms with Crippen LogP contribution in [0.3, 0.4) is 0 Å². The van der Waals surface area contributed by atoms with Crippen LogP contribution in [0.1, 0.15) is 51.0 Å². The number of allylic oxidation sites excluding steroid dienone is 2. The van der Waals surface area contributed by atoms with Gasteiger partial charge in [-0.25, -0.2) is 0 Å². The summed E-state index contributed by atoms with van der Waals surface area (Å²) in [5.41, 5.74) is 1.43. The van der Waals surface area contributed by atoms with E-state index in [0.29, 0.717) is 36.1 Å². The maximum Gasteiger partial charge on any atom is 0.320 e. The molecule has 0 spiro atoms. The summed E-state index contributed by atoms with van der Waals surface area (Å²) >= 11 is 0. The molecule has 0 radical (unpaired) electrons. The predicted molar refractivity (Wildman–Crippen MR) is 142 cm³/mol. The molecule has 1 amide bonds. The molecule has 0 atom stereocenters. The van der Waals surface area contributed by atoms with Crippen LogP contribution in [0, 0.1) is 16.0 Å². The summed E-state index contributed by atoms with van der Waals surface area (Å²) in [7, 11) is 1.54. The molecule has 1 aromatic heterocycles. The monoisotopic (exact) mass is 523 g/mol. The van der Waals surface area contributed by atoms with Gasteiger partial charge in [0.15, 0.2) is 18.1 Å². The first-order valence-corrected chi connectivity index (χ1v) is 12.4. The first kappa shape index (κ1) is 28.2. The maximum atomic E-state index is 12.2. The normalized spacial score (nSPS) is 11.1. The van der Waals surface area contributed by atoms with Crippen molar-refractivity contribution in [1.82, 2.24) is 15.5 Å². The van der Waals surface area contributed by atoms with Crippen LogP contribution in [0.15, 0.2) is 59.0 Å². The Morgan fingerprint density at radius 1 is 1.13 bits per heavy atom. The van der Waals surface area contributed by atoms with Crippen LogP contribution >= 0.6 is 0 Å². The molecule has 0 unspecified atom stereocenters. The van der Waals surface area contributed by atoms with Crippen molar-refractivity contribution in [2.24, 2.45) is 5.92 Å². The van der Waals surface area contributed by atoms with Crippen LogP contribution in [0.25, 0.3) is 0 Å². The average molecular weight is 524 g/mol. The van der Waals surface area contributed by atoms with Gasteiger partial charge in [0.25, 0.3) is 11.6 Å². The maximum absolute atomic E-state index is 12.2. The number of nitro benzene ring substituents is 1. The molecule has 3 rings (SSSR count). The number of hydrogen-bond donors (Lipinski definition) is 2. The number of rotatable bonds is 15. The Morgan fingerprint density at radius 2 is 1.92 bits per heavy atom. The number of amides is 1. The largest absolute Gasteiger partial charge is 0.493 e. The lowest BCUT2D eigenvalue weighted by molar-refractivity contribution is -0.384. The minimum Gasteiger partial charge on any atom is -0.493 e. The summed E-state index contributed by atoms with van der Waals surface area (Å²) in [6.07, 6.45) is 7.69.